The molecule has 1 aliphatic heterocycles. The molecular formula is C19H20N6. The highest BCUT2D eigenvalue weighted by Gasteiger charge is 2.26. The van der Waals surface area contributed by atoms with E-state index >= 15 is 0 Å². The van der Waals surface area contributed by atoms with Crippen LogP contribution in [0, 0.1) is 0 Å². The van der Waals surface area contributed by atoms with Crippen molar-refractivity contribution in [2.24, 2.45) is 0 Å². The number of fused-ring (bicyclic) bond motifs is 1. The van der Waals surface area contributed by atoms with Gasteiger partial charge in [0.25, 0.3) is 0 Å². The van der Waals surface area contributed by atoms with Crippen LogP contribution in [0.5, 0.6) is 0 Å². The van der Waals surface area contributed by atoms with Crippen molar-refractivity contribution in [1.82, 2.24) is 20.2 Å². The summed E-state index contributed by atoms with van der Waals surface area (Å²) in [7, 11) is 0. The van der Waals surface area contributed by atoms with Crippen LogP contribution in [0.25, 0.3) is 11.0 Å². The maximum Gasteiger partial charge on any atom is 0.151 e. The van der Waals surface area contributed by atoms with Gasteiger partial charge in [0.05, 0.1) is 22.9 Å². The zero-order valence-electron chi connectivity index (χ0n) is 14.0. The van der Waals surface area contributed by atoms with Gasteiger partial charge in [-0.25, -0.2) is 4.98 Å². The van der Waals surface area contributed by atoms with E-state index in [0.29, 0.717) is 5.92 Å². The summed E-state index contributed by atoms with van der Waals surface area (Å²) in [5.41, 5.74) is 3.04. The molecule has 2 aromatic heterocycles. The number of hydrogen-bond donors (Lipinski definition) is 0. The predicted octanol–water partition coefficient (Wildman–Crippen LogP) is 2.62. The molecule has 25 heavy (non-hydrogen) atoms. The van der Waals surface area contributed by atoms with Crippen molar-refractivity contribution in [3.8, 4) is 0 Å². The molecule has 0 unspecified atom stereocenters. The van der Waals surface area contributed by atoms with E-state index in [1.165, 1.54) is 12.8 Å². The lowest BCUT2D eigenvalue weighted by atomic mass is 10.2. The van der Waals surface area contributed by atoms with Crippen molar-refractivity contribution in [2.75, 3.05) is 36.0 Å². The normalized spacial score (nSPS) is 17.9. The van der Waals surface area contributed by atoms with Crippen LogP contribution in [-0.4, -0.2) is 46.3 Å². The van der Waals surface area contributed by atoms with Crippen LogP contribution < -0.4 is 9.80 Å². The summed E-state index contributed by atoms with van der Waals surface area (Å²) in [4.78, 5) is 13.9. The molecule has 2 fully saturated rings. The van der Waals surface area contributed by atoms with Crippen molar-refractivity contribution in [2.45, 2.75) is 18.8 Å². The molecule has 126 valence electrons. The predicted molar refractivity (Wildman–Crippen MR) is 98.0 cm³/mol. The first-order chi connectivity index (χ1) is 12.4. The topological polar surface area (TPSA) is 58.0 Å². The number of para-hydroxylation sites is 2. The third-order valence-electron chi connectivity index (χ3n) is 5.03. The Kier molecular flexibility index (Phi) is 3.47. The lowest BCUT2D eigenvalue weighted by Crippen LogP contribution is -2.47. The summed E-state index contributed by atoms with van der Waals surface area (Å²) in [5, 5.41) is 8.83. The van der Waals surface area contributed by atoms with Crippen molar-refractivity contribution in [3.63, 3.8) is 0 Å². The average molecular weight is 332 g/mol. The molecule has 0 bridgehead atoms. The van der Waals surface area contributed by atoms with Crippen molar-refractivity contribution >= 4 is 22.7 Å². The Morgan fingerprint density at radius 1 is 0.760 bits per heavy atom. The lowest BCUT2D eigenvalue weighted by Gasteiger charge is -2.35. The van der Waals surface area contributed by atoms with E-state index in [2.05, 4.69) is 37.1 Å². The van der Waals surface area contributed by atoms with E-state index < -0.39 is 0 Å². The number of rotatable bonds is 3. The number of piperazine rings is 1. The third-order valence-corrected chi connectivity index (χ3v) is 5.03. The second-order valence-corrected chi connectivity index (χ2v) is 6.78. The van der Waals surface area contributed by atoms with Crippen LogP contribution in [0.2, 0.25) is 0 Å². The third kappa shape index (κ3) is 2.88. The number of nitrogens with zero attached hydrogens (tertiary/aromatic N) is 6. The molecule has 6 heteroatoms. The van der Waals surface area contributed by atoms with Gasteiger partial charge in [0.2, 0.25) is 0 Å². The number of benzene rings is 1. The second-order valence-electron chi connectivity index (χ2n) is 6.78. The van der Waals surface area contributed by atoms with Gasteiger partial charge in [-0.3, -0.25) is 4.98 Å². The fraction of sp³-hybridized carbons (Fsp3) is 0.368. The molecule has 1 aromatic carbocycles. The van der Waals surface area contributed by atoms with E-state index in [1.54, 1.807) is 0 Å². The van der Waals surface area contributed by atoms with Crippen molar-refractivity contribution in [3.05, 3.63) is 48.3 Å². The minimum atomic E-state index is 0.657. The Labute approximate surface area is 146 Å². The Morgan fingerprint density at radius 3 is 2.16 bits per heavy atom. The molecule has 5 rings (SSSR count). The smallest absolute Gasteiger partial charge is 0.151 e. The molecule has 3 aromatic rings. The highest BCUT2D eigenvalue weighted by Crippen LogP contribution is 2.38. The van der Waals surface area contributed by atoms with Crippen LogP contribution in [0.4, 0.5) is 11.6 Å². The molecular weight excluding hydrogens is 312 g/mol. The molecule has 1 aliphatic carbocycles. The van der Waals surface area contributed by atoms with Crippen LogP contribution >= 0.6 is 0 Å². The molecule has 0 atom stereocenters. The van der Waals surface area contributed by atoms with E-state index in [9.17, 15) is 0 Å². The average Bonchev–Trinajstić information content (AvgIpc) is 3.53. The first-order valence-corrected chi connectivity index (χ1v) is 8.92. The minimum absolute atomic E-state index is 0.657. The zero-order valence-corrected chi connectivity index (χ0v) is 14.0. The standard InChI is InChI=1S/C19H20N6/c1-2-4-17-16(3-1)20-13-19(21-17)25-11-9-24(10-12-25)18-8-7-15(22-23-18)14-5-6-14/h1-4,7-8,13-14H,5-6,9-12H2. The van der Waals surface area contributed by atoms with Crippen LogP contribution in [0.1, 0.15) is 24.5 Å². The fourth-order valence-corrected chi connectivity index (χ4v) is 3.37. The second kappa shape index (κ2) is 5.95. The minimum Gasteiger partial charge on any atom is -0.352 e. The van der Waals surface area contributed by atoms with E-state index in [4.69, 9.17) is 4.98 Å². The summed E-state index contributed by atoms with van der Waals surface area (Å²) in [6, 6.07) is 12.3. The summed E-state index contributed by atoms with van der Waals surface area (Å²) >= 11 is 0. The zero-order chi connectivity index (χ0) is 16.6. The van der Waals surface area contributed by atoms with Crippen LogP contribution in [-0.2, 0) is 0 Å². The van der Waals surface area contributed by atoms with E-state index in [0.717, 1.165) is 54.5 Å². The van der Waals surface area contributed by atoms with Gasteiger partial charge in [-0.05, 0) is 37.1 Å². The Hall–Kier alpha value is -2.76. The van der Waals surface area contributed by atoms with Gasteiger partial charge in [0, 0.05) is 32.1 Å². The summed E-state index contributed by atoms with van der Waals surface area (Å²) < 4.78 is 0. The number of aromatic nitrogens is 4. The highest BCUT2D eigenvalue weighted by molar-refractivity contribution is 5.75. The first kappa shape index (κ1) is 14.6. The van der Waals surface area contributed by atoms with Crippen molar-refractivity contribution in [1.29, 1.82) is 0 Å². The number of hydrogen-bond acceptors (Lipinski definition) is 6. The summed E-state index contributed by atoms with van der Waals surface area (Å²) in [6.07, 6.45) is 4.40. The monoisotopic (exact) mass is 332 g/mol. The quantitative estimate of drug-likeness (QED) is 0.735. The molecule has 2 aliphatic rings. The van der Waals surface area contributed by atoms with Gasteiger partial charge < -0.3 is 9.80 Å². The SMILES string of the molecule is c1ccc2nc(N3CCN(c4ccc(C5CC5)nn4)CC3)cnc2c1. The molecule has 0 radical (unpaired) electrons. The van der Waals surface area contributed by atoms with Crippen molar-refractivity contribution < 1.29 is 0 Å². The molecule has 0 N–H and O–H groups in total. The summed E-state index contributed by atoms with van der Waals surface area (Å²) in [6.45, 7) is 3.68. The van der Waals surface area contributed by atoms with Crippen LogP contribution in [0.3, 0.4) is 0 Å². The Balaban J connectivity index is 1.28. The van der Waals surface area contributed by atoms with E-state index in [-0.39, 0.29) is 0 Å². The first-order valence-electron chi connectivity index (χ1n) is 8.92. The lowest BCUT2D eigenvalue weighted by molar-refractivity contribution is 0.637. The van der Waals surface area contributed by atoms with Gasteiger partial charge in [0.15, 0.2) is 5.82 Å². The maximum absolute atomic E-state index is 4.75. The van der Waals surface area contributed by atoms with Gasteiger partial charge in [-0.2, -0.15) is 5.10 Å². The molecule has 0 amide bonds. The Morgan fingerprint density at radius 2 is 1.48 bits per heavy atom. The van der Waals surface area contributed by atoms with Crippen LogP contribution in [0.15, 0.2) is 42.6 Å². The molecule has 1 saturated heterocycles. The molecule has 6 nitrogen and oxygen atoms in total. The Bertz CT molecular complexity index is 882. The molecule has 0 spiro atoms. The molecule has 3 heterocycles. The highest BCUT2D eigenvalue weighted by atomic mass is 15.3. The van der Waals surface area contributed by atoms with Gasteiger partial charge in [0.1, 0.15) is 5.82 Å². The van der Waals surface area contributed by atoms with Gasteiger partial charge in [-0.1, -0.05) is 12.1 Å². The fourth-order valence-electron chi connectivity index (χ4n) is 3.37. The van der Waals surface area contributed by atoms with E-state index in [1.807, 2.05) is 30.5 Å². The molecule has 1 saturated carbocycles. The van der Waals surface area contributed by atoms with Gasteiger partial charge in [-0.15, -0.1) is 5.10 Å². The van der Waals surface area contributed by atoms with Gasteiger partial charge >= 0.3 is 0 Å². The largest absolute Gasteiger partial charge is 0.352 e. The number of anilines is 2. The maximum atomic E-state index is 4.75. The summed E-state index contributed by atoms with van der Waals surface area (Å²) in [5.74, 6) is 2.59.